The van der Waals surface area contributed by atoms with E-state index in [0.717, 1.165) is 11.8 Å². The van der Waals surface area contributed by atoms with Crippen LogP contribution < -0.4 is 0 Å². The molecule has 4 aromatic rings. The van der Waals surface area contributed by atoms with Crippen molar-refractivity contribution in [2.45, 2.75) is 86.2 Å². The van der Waals surface area contributed by atoms with Crippen molar-refractivity contribution in [2.24, 2.45) is 0 Å². The minimum absolute atomic E-state index is 0.545. The number of rotatable bonds is 2. The largest absolute Gasteiger partial charge is 0.340 e. The molecule has 12 rings (SSSR count). The van der Waals surface area contributed by atoms with Crippen LogP contribution in [-0.4, -0.2) is 0 Å². The molecule has 2 unspecified atom stereocenters. The van der Waals surface area contributed by atoms with Gasteiger partial charge in [-0.15, -0.1) is 0 Å². The topological polar surface area (TPSA) is 9.23 Å². The van der Waals surface area contributed by atoms with Crippen LogP contribution in [0, 0.1) is 0 Å². The quantitative estimate of drug-likeness (QED) is 0.263. The first-order valence-corrected chi connectivity index (χ1v) is 15.5. The van der Waals surface area contributed by atoms with E-state index in [1.165, 1.54) is 73.6 Å². The van der Waals surface area contributed by atoms with E-state index in [1.807, 2.05) is 11.1 Å². The monoisotopic (exact) mass is 506 g/mol. The minimum Gasteiger partial charge on any atom is -0.340 e. The van der Waals surface area contributed by atoms with Gasteiger partial charge in [0.2, 0.25) is 0 Å². The molecule has 0 radical (unpaired) electrons. The van der Waals surface area contributed by atoms with E-state index in [0.29, 0.717) is 11.8 Å². The summed E-state index contributed by atoms with van der Waals surface area (Å²) in [6.07, 6.45) is 11.0. The highest BCUT2D eigenvalue weighted by atomic mass is 16.5. The van der Waals surface area contributed by atoms with Crippen molar-refractivity contribution in [3.63, 3.8) is 0 Å². The van der Waals surface area contributed by atoms with E-state index in [9.17, 15) is 0 Å². The minimum atomic E-state index is -0.545. The van der Waals surface area contributed by atoms with E-state index in [1.54, 1.807) is 22.3 Å². The SMILES string of the molecule is c1ccc(C23OC(c4ccccc4)(c4ccccc42)c2c4c(c5c(c23)C2CCC5CC2)C2CCC4CC2)cc1. The van der Waals surface area contributed by atoms with Crippen molar-refractivity contribution in [1.82, 2.24) is 0 Å². The van der Waals surface area contributed by atoms with Gasteiger partial charge in [0.15, 0.2) is 0 Å². The smallest absolute Gasteiger partial charge is 0.146 e. The second-order valence-electron chi connectivity index (χ2n) is 13.2. The van der Waals surface area contributed by atoms with Gasteiger partial charge in [-0.2, -0.15) is 0 Å². The van der Waals surface area contributed by atoms with Crippen LogP contribution in [0.4, 0.5) is 0 Å². The highest BCUT2D eigenvalue weighted by Crippen LogP contribution is 2.72. The second kappa shape index (κ2) is 7.32. The molecule has 39 heavy (non-hydrogen) atoms. The molecule has 2 heterocycles. The first kappa shape index (κ1) is 21.6. The highest BCUT2D eigenvalue weighted by molar-refractivity contribution is 5.77. The normalized spacial score (nSPS) is 33.9. The molecular formula is C38H34O. The predicted molar refractivity (Wildman–Crippen MR) is 155 cm³/mol. The fraction of sp³-hybridized carbons (Fsp3) is 0.368. The van der Waals surface area contributed by atoms with Crippen LogP contribution in [0.25, 0.3) is 0 Å². The molecule has 0 amide bonds. The van der Waals surface area contributed by atoms with Crippen LogP contribution >= 0.6 is 0 Å². The van der Waals surface area contributed by atoms with Crippen molar-refractivity contribution in [3.05, 3.63) is 141 Å². The summed E-state index contributed by atoms with van der Waals surface area (Å²) in [6.45, 7) is 0. The van der Waals surface area contributed by atoms with Crippen LogP contribution in [-0.2, 0) is 15.9 Å². The lowest BCUT2D eigenvalue weighted by molar-refractivity contribution is -0.0266. The van der Waals surface area contributed by atoms with Gasteiger partial charge >= 0.3 is 0 Å². The summed E-state index contributed by atoms with van der Waals surface area (Å²) < 4.78 is 7.91. The van der Waals surface area contributed by atoms with Crippen LogP contribution in [0.1, 0.15) is 131 Å². The summed E-state index contributed by atoms with van der Waals surface area (Å²) in [4.78, 5) is 0. The molecule has 4 aromatic carbocycles. The molecule has 192 valence electrons. The number of hydrogen-bond donors (Lipinski definition) is 0. The maximum absolute atomic E-state index is 7.91. The summed E-state index contributed by atoms with van der Waals surface area (Å²) in [7, 11) is 0. The standard InChI is InChI=1S/C38H34O/c1-3-9-27(10-4-1)37-29-13-7-8-14-30(29)38(39-37,28-11-5-2-6-12-28)36-34-26-21-17-24(18-22-26)32(34)31-23-15-19-25(20-16-23)33(31)35(36)37/h1-14,23-26H,15-22H2. The third-order valence-electron chi connectivity index (χ3n) is 11.8. The lowest BCUT2D eigenvalue weighted by Crippen LogP contribution is -2.38. The third kappa shape index (κ3) is 2.37. The van der Waals surface area contributed by atoms with Crippen LogP contribution in [0.3, 0.4) is 0 Å². The van der Waals surface area contributed by atoms with Gasteiger partial charge in [-0.05, 0) is 120 Å². The molecule has 8 aliphatic rings. The molecule has 1 nitrogen and oxygen atoms in total. The molecule has 6 bridgehead atoms. The van der Waals surface area contributed by atoms with Crippen LogP contribution in [0.2, 0.25) is 0 Å². The van der Waals surface area contributed by atoms with E-state index in [-0.39, 0.29) is 0 Å². The number of benzene rings is 4. The van der Waals surface area contributed by atoms with Gasteiger partial charge in [0.05, 0.1) is 0 Å². The molecule has 0 aromatic heterocycles. The Morgan fingerprint density at radius 2 is 0.744 bits per heavy atom. The lowest BCUT2D eigenvalue weighted by atomic mass is 9.52. The Bertz CT molecular complexity index is 1530. The van der Waals surface area contributed by atoms with Gasteiger partial charge in [-0.25, -0.2) is 0 Å². The van der Waals surface area contributed by atoms with Crippen LogP contribution in [0.15, 0.2) is 84.9 Å². The Kier molecular flexibility index (Phi) is 4.06. The molecule has 2 fully saturated rings. The Hall–Kier alpha value is -3.16. The molecule has 2 aliphatic heterocycles. The zero-order chi connectivity index (χ0) is 25.3. The Morgan fingerprint density at radius 1 is 0.410 bits per heavy atom. The summed E-state index contributed by atoms with van der Waals surface area (Å²) in [5.41, 5.74) is 14.5. The Morgan fingerprint density at radius 3 is 1.13 bits per heavy atom. The first-order valence-electron chi connectivity index (χ1n) is 15.5. The van der Waals surface area contributed by atoms with Gasteiger partial charge in [-0.1, -0.05) is 84.9 Å². The van der Waals surface area contributed by atoms with E-state index >= 15 is 0 Å². The van der Waals surface area contributed by atoms with E-state index in [2.05, 4.69) is 84.9 Å². The third-order valence-corrected chi connectivity index (χ3v) is 11.8. The summed E-state index contributed by atoms with van der Waals surface area (Å²) in [5, 5.41) is 0. The average Bonchev–Trinajstić information content (AvgIpc) is 3.53. The molecule has 2 atom stereocenters. The first-order chi connectivity index (χ1) is 19.3. The lowest BCUT2D eigenvalue weighted by Gasteiger charge is -2.50. The van der Waals surface area contributed by atoms with Crippen molar-refractivity contribution < 1.29 is 4.74 Å². The maximum atomic E-state index is 7.91. The molecule has 2 saturated carbocycles. The molecular weight excluding hydrogens is 472 g/mol. The van der Waals surface area contributed by atoms with Gasteiger partial charge in [-0.3, -0.25) is 0 Å². The average molecular weight is 507 g/mol. The maximum Gasteiger partial charge on any atom is 0.146 e. The molecule has 6 aliphatic carbocycles. The van der Waals surface area contributed by atoms with E-state index in [4.69, 9.17) is 4.74 Å². The van der Waals surface area contributed by atoms with Crippen molar-refractivity contribution in [3.8, 4) is 0 Å². The van der Waals surface area contributed by atoms with Crippen molar-refractivity contribution in [1.29, 1.82) is 0 Å². The summed E-state index contributed by atoms with van der Waals surface area (Å²) in [5.74, 6) is 2.84. The summed E-state index contributed by atoms with van der Waals surface area (Å²) in [6, 6.07) is 31.8. The highest BCUT2D eigenvalue weighted by Gasteiger charge is 2.67. The van der Waals surface area contributed by atoms with Gasteiger partial charge in [0, 0.05) is 11.1 Å². The van der Waals surface area contributed by atoms with E-state index < -0.39 is 11.2 Å². The molecule has 1 heteroatoms. The molecule has 0 saturated heterocycles. The second-order valence-corrected chi connectivity index (χ2v) is 13.2. The Labute approximate surface area is 231 Å². The predicted octanol–water partition coefficient (Wildman–Crippen LogP) is 9.12. The number of fused-ring (bicyclic) bond motifs is 12. The zero-order valence-electron chi connectivity index (χ0n) is 22.5. The molecule has 0 spiro atoms. The Balaban J connectivity index is 1.45. The fourth-order valence-electron chi connectivity index (χ4n) is 10.5. The fourth-order valence-corrected chi connectivity index (χ4v) is 10.5. The van der Waals surface area contributed by atoms with Crippen molar-refractivity contribution in [2.75, 3.05) is 0 Å². The summed E-state index contributed by atoms with van der Waals surface area (Å²) >= 11 is 0. The number of ether oxygens (including phenoxy) is 1. The van der Waals surface area contributed by atoms with Crippen LogP contribution in [0.5, 0.6) is 0 Å². The zero-order valence-corrected chi connectivity index (χ0v) is 22.5. The van der Waals surface area contributed by atoms with Gasteiger partial charge in [0.1, 0.15) is 11.2 Å². The number of hydrogen-bond acceptors (Lipinski definition) is 1. The van der Waals surface area contributed by atoms with Gasteiger partial charge in [0.25, 0.3) is 0 Å². The van der Waals surface area contributed by atoms with Crippen molar-refractivity contribution >= 4 is 0 Å². The van der Waals surface area contributed by atoms with Gasteiger partial charge < -0.3 is 4.74 Å². The molecule has 0 N–H and O–H groups in total.